The number of aromatic amines is 1. The molecule has 0 fully saturated rings. The zero-order valence-corrected chi connectivity index (χ0v) is 24.1. The number of aliphatic carboxylic acids is 1. The lowest BCUT2D eigenvalue weighted by Crippen LogP contribution is -2.58. The molecule has 15 nitrogen and oxygen atoms in total. The van der Waals surface area contributed by atoms with Crippen molar-refractivity contribution >= 4 is 58.2 Å². The summed E-state index contributed by atoms with van der Waals surface area (Å²) in [6.45, 7) is 0.248. The number of nitrogens with one attached hydrogen (secondary N) is 4. The molecule has 0 aliphatic carbocycles. The molecule has 42 heavy (non-hydrogen) atoms. The van der Waals surface area contributed by atoms with Crippen molar-refractivity contribution < 1.29 is 29.1 Å². The van der Waals surface area contributed by atoms with Gasteiger partial charge in [-0.25, -0.2) is 4.79 Å². The van der Waals surface area contributed by atoms with Gasteiger partial charge >= 0.3 is 5.97 Å². The minimum Gasteiger partial charge on any atom is -0.480 e. The van der Waals surface area contributed by atoms with Crippen molar-refractivity contribution in [2.45, 2.75) is 56.3 Å². The van der Waals surface area contributed by atoms with Crippen LogP contribution in [-0.2, 0) is 30.4 Å². The zero-order chi connectivity index (χ0) is 31.2. The number of fused-ring (bicyclic) bond motifs is 1. The minimum absolute atomic E-state index is 0.00425. The lowest BCUT2D eigenvalue weighted by atomic mass is 10.0. The van der Waals surface area contributed by atoms with Crippen molar-refractivity contribution in [3.8, 4) is 0 Å². The Kier molecular flexibility index (Phi) is 13.6. The Bertz CT molecular complexity index is 1280. The second-order valence-electron chi connectivity index (χ2n) is 9.59. The van der Waals surface area contributed by atoms with Gasteiger partial charge in [0.2, 0.25) is 23.6 Å². The Hall–Kier alpha value is -4.31. The highest BCUT2D eigenvalue weighted by Crippen LogP contribution is 2.19. The number of para-hydroxylation sites is 1. The summed E-state index contributed by atoms with van der Waals surface area (Å²) in [7, 11) is 0. The van der Waals surface area contributed by atoms with Gasteiger partial charge in [0.1, 0.15) is 18.1 Å². The Morgan fingerprint density at radius 2 is 1.60 bits per heavy atom. The number of nitrogens with two attached hydrogens (primary N) is 4. The van der Waals surface area contributed by atoms with Gasteiger partial charge in [0.15, 0.2) is 5.96 Å². The van der Waals surface area contributed by atoms with Crippen LogP contribution in [0.1, 0.15) is 31.2 Å². The predicted octanol–water partition coefficient (Wildman–Crippen LogP) is -1.74. The van der Waals surface area contributed by atoms with Gasteiger partial charge in [0, 0.05) is 30.1 Å². The van der Waals surface area contributed by atoms with Crippen LogP contribution in [0, 0.1) is 0 Å². The molecular weight excluding hydrogens is 566 g/mol. The van der Waals surface area contributed by atoms with Crippen molar-refractivity contribution in [3.05, 3.63) is 36.0 Å². The summed E-state index contributed by atoms with van der Waals surface area (Å²) in [6.07, 6.45) is 3.67. The van der Waals surface area contributed by atoms with Crippen molar-refractivity contribution in [1.82, 2.24) is 20.9 Å². The number of rotatable bonds is 18. The first-order valence-corrected chi connectivity index (χ1v) is 14.6. The van der Waals surface area contributed by atoms with E-state index in [-0.39, 0.29) is 31.8 Å². The number of hydrogen-bond acceptors (Lipinski definition) is 8. The van der Waals surface area contributed by atoms with E-state index in [0.29, 0.717) is 17.7 Å². The van der Waals surface area contributed by atoms with E-state index in [1.165, 1.54) is 11.8 Å². The van der Waals surface area contributed by atoms with Gasteiger partial charge < -0.3 is 49.0 Å². The standard InChI is InChI=1S/C26H39N9O6S/c1-42-10-8-18(23(38)35-20(25(40)41)11-14-13-32-17-7-3-2-5-15(14)17)33-24(39)19(12-21(28)36)34-22(37)16(27)6-4-9-31-26(29)30/h2-3,5,7,13,16,18-20,32H,4,6,8-12,27H2,1H3,(H2,28,36)(H,33,39)(H,34,37)(H,35,38)(H,40,41)(H4,29,30,31). The van der Waals surface area contributed by atoms with Crippen LogP contribution in [0.25, 0.3) is 10.9 Å². The van der Waals surface area contributed by atoms with Gasteiger partial charge in [-0.2, -0.15) is 11.8 Å². The third kappa shape index (κ3) is 10.9. The van der Waals surface area contributed by atoms with Crippen LogP contribution in [0.5, 0.6) is 0 Å². The van der Waals surface area contributed by atoms with E-state index in [1.54, 1.807) is 12.5 Å². The maximum Gasteiger partial charge on any atom is 0.326 e. The first-order chi connectivity index (χ1) is 19.9. The highest BCUT2D eigenvalue weighted by Gasteiger charge is 2.31. The predicted molar refractivity (Wildman–Crippen MR) is 160 cm³/mol. The third-order valence-corrected chi connectivity index (χ3v) is 6.94. The number of carboxylic acid groups (broad SMARTS) is 1. The number of carbonyl (C=O) groups is 5. The number of benzene rings is 1. The molecule has 2 aromatic rings. The minimum atomic E-state index is -1.41. The summed E-state index contributed by atoms with van der Waals surface area (Å²) < 4.78 is 0. The average Bonchev–Trinajstić information content (AvgIpc) is 3.34. The molecular formula is C26H39N9O6S. The van der Waals surface area contributed by atoms with E-state index in [4.69, 9.17) is 22.9 Å². The average molecular weight is 606 g/mol. The number of aromatic nitrogens is 1. The Balaban J connectivity index is 2.12. The second kappa shape index (κ2) is 16.8. The van der Waals surface area contributed by atoms with Crippen LogP contribution in [0.15, 0.2) is 35.5 Å². The summed E-state index contributed by atoms with van der Waals surface area (Å²) in [5.74, 6) is -4.06. The van der Waals surface area contributed by atoms with Crippen molar-refractivity contribution in [3.63, 3.8) is 0 Å². The molecule has 230 valence electrons. The number of primary amides is 1. The molecule has 0 spiro atoms. The highest BCUT2D eigenvalue weighted by atomic mass is 32.2. The fraction of sp³-hybridized carbons (Fsp3) is 0.462. The van der Waals surface area contributed by atoms with E-state index in [0.717, 1.165) is 10.9 Å². The molecule has 4 unspecified atom stereocenters. The van der Waals surface area contributed by atoms with E-state index >= 15 is 0 Å². The van der Waals surface area contributed by atoms with E-state index in [9.17, 15) is 29.1 Å². The molecule has 0 aliphatic heterocycles. The topological polar surface area (TPSA) is 274 Å². The molecule has 4 amide bonds. The maximum atomic E-state index is 13.2. The SMILES string of the molecule is CSCCC(NC(=O)C(CC(N)=O)NC(=O)C(N)CCCN=C(N)N)C(=O)NC(Cc1c[nH]c2ccccc12)C(=O)O. The van der Waals surface area contributed by atoms with Crippen LogP contribution >= 0.6 is 11.8 Å². The number of guanidine groups is 1. The van der Waals surface area contributed by atoms with Crippen molar-refractivity contribution in [2.75, 3.05) is 18.6 Å². The molecule has 0 radical (unpaired) electrons. The number of aliphatic imine (C=N–C) groups is 1. The molecule has 0 aliphatic rings. The van der Waals surface area contributed by atoms with Gasteiger partial charge in [-0.3, -0.25) is 24.2 Å². The summed E-state index contributed by atoms with van der Waals surface area (Å²) >= 11 is 1.41. The summed E-state index contributed by atoms with van der Waals surface area (Å²) in [6, 6.07) is 2.47. The first kappa shape index (κ1) is 33.9. The largest absolute Gasteiger partial charge is 0.480 e. The summed E-state index contributed by atoms with van der Waals surface area (Å²) in [5, 5.41) is 18.1. The third-order valence-electron chi connectivity index (χ3n) is 6.30. The van der Waals surface area contributed by atoms with Gasteiger partial charge in [-0.15, -0.1) is 0 Å². The van der Waals surface area contributed by atoms with Gasteiger partial charge in [0.05, 0.1) is 12.5 Å². The number of hydrogen-bond donors (Lipinski definition) is 9. The molecule has 1 aromatic heterocycles. The van der Waals surface area contributed by atoms with Gasteiger partial charge in [-0.05, 0) is 42.9 Å². The number of amides is 4. The van der Waals surface area contributed by atoms with Crippen LogP contribution in [-0.4, -0.2) is 88.4 Å². The fourth-order valence-corrected chi connectivity index (χ4v) is 4.58. The Morgan fingerprint density at radius 3 is 2.24 bits per heavy atom. The van der Waals surface area contributed by atoms with Crippen LogP contribution in [0.3, 0.4) is 0 Å². The molecule has 4 atom stereocenters. The quantitative estimate of drug-likeness (QED) is 0.0525. The van der Waals surface area contributed by atoms with Crippen molar-refractivity contribution in [1.29, 1.82) is 0 Å². The molecule has 2 rings (SSSR count). The molecule has 0 saturated heterocycles. The fourth-order valence-electron chi connectivity index (χ4n) is 4.11. The lowest BCUT2D eigenvalue weighted by molar-refractivity contribution is -0.142. The molecule has 13 N–H and O–H groups in total. The first-order valence-electron chi connectivity index (χ1n) is 13.2. The van der Waals surface area contributed by atoms with E-state index in [1.807, 2.05) is 24.3 Å². The molecule has 0 bridgehead atoms. The highest BCUT2D eigenvalue weighted by molar-refractivity contribution is 7.98. The summed E-state index contributed by atoms with van der Waals surface area (Å²) in [5.41, 5.74) is 23.3. The van der Waals surface area contributed by atoms with E-state index in [2.05, 4.69) is 25.9 Å². The van der Waals surface area contributed by atoms with Crippen LogP contribution in [0.2, 0.25) is 0 Å². The molecule has 16 heteroatoms. The maximum absolute atomic E-state index is 13.2. The summed E-state index contributed by atoms with van der Waals surface area (Å²) in [4.78, 5) is 69.6. The number of thioether (sulfide) groups is 1. The van der Waals surface area contributed by atoms with E-state index < -0.39 is 60.2 Å². The smallest absolute Gasteiger partial charge is 0.326 e. The molecule has 0 saturated carbocycles. The van der Waals surface area contributed by atoms with Gasteiger partial charge in [-0.1, -0.05) is 18.2 Å². The van der Waals surface area contributed by atoms with Crippen LogP contribution in [0.4, 0.5) is 0 Å². The number of carboxylic acids is 1. The number of H-pyrrole nitrogens is 1. The molecule has 1 aromatic carbocycles. The zero-order valence-electron chi connectivity index (χ0n) is 23.3. The second-order valence-corrected chi connectivity index (χ2v) is 10.6. The normalized spacial score (nSPS) is 13.8. The van der Waals surface area contributed by atoms with Crippen molar-refractivity contribution in [2.24, 2.45) is 27.9 Å². The lowest BCUT2D eigenvalue weighted by Gasteiger charge is -2.24. The Labute approximate surface area is 247 Å². The number of carbonyl (C=O) groups excluding carboxylic acids is 4. The van der Waals surface area contributed by atoms with Gasteiger partial charge in [0.25, 0.3) is 0 Å². The Morgan fingerprint density at radius 1 is 0.952 bits per heavy atom. The van der Waals surface area contributed by atoms with Crippen LogP contribution < -0.4 is 38.9 Å². The number of nitrogens with zero attached hydrogens (tertiary/aromatic N) is 1. The molecule has 1 heterocycles. The monoisotopic (exact) mass is 605 g/mol.